The second-order valence-electron chi connectivity index (χ2n) is 5.82. The Labute approximate surface area is 150 Å². The smallest absolute Gasteiger partial charge is 0.238 e. The van der Waals surface area contributed by atoms with Crippen molar-refractivity contribution in [1.29, 1.82) is 0 Å². The van der Waals surface area contributed by atoms with Crippen molar-refractivity contribution >= 4 is 33.5 Å². The molecule has 1 fully saturated rings. The molecule has 0 atom stereocenters. The van der Waals surface area contributed by atoms with Crippen LogP contribution in [0.1, 0.15) is 5.56 Å². The number of aryl methyl sites for hydroxylation is 1. The third-order valence-corrected chi connectivity index (χ3v) is 4.53. The summed E-state index contributed by atoms with van der Waals surface area (Å²) in [6.07, 6.45) is 3.51. The number of carbonyl (C=O) groups is 1. The van der Waals surface area contributed by atoms with Crippen molar-refractivity contribution in [1.82, 2.24) is 14.9 Å². The van der Waals surface area contributed by atoms with Gasteiger partial charge in [0.1, 0.15) is 0 Å². The lowest BCUT2D eigenvalue weighted by atomic mass is 10.2. The number of nitrogens with zero attached hydrogens (tertiary/aromatic N) is 4. The third kappa shape index (κ3) is 4.30. The van der Waals surface area contributed by atoms with Crippen LogP contribution < -0.4 is 10.2 Å². The first-order chi connectivity index (χ1) is 11.6. The van der Waals surface area contributed by atoms with E-state index in [1.165, 1.54) is 0 Å². The highest BCUT2D eigenvalue weighted by molar-refractivity contribution is 9.10. The maximum absolute atomic E-state index is 12.3. The van der Waals surface area contributed by atoms with Crippen LogP contribution in [0.3, 0.4) is 0 Å². The molecule has 2 heterocycles. The topological polar surface area (TPSA) is 61.4 Å². The SMILES string of the molecule is Cc1cc(Br)ccc1NC(=O)CN1CCN(c2ncccn2)CC1. The van der Waals surface area contributed by atoms with E-state index >= 15 is 0 Å². The number of halogens is 1. The van der Waals surface area contributed by atoms with Gasteiger partial charge in [0.2, 0.25) is 11.9 Å². The van der Waals surface area contributed by atoms with E-state index in [1.54, 1.807) is 12.4 Å². The molecule has 6 nitrogen and oxygen atoms in total. The minimum atomic E-state index is 0.0184. The molecule has 1 N–H and O–H groups in total. The number of nitrogens with one attached hydrogen (secondary N) is 1. The summed E-state index contributed by atoms with van der Waals surface area (Å²) in [6, 6.07) is 7.66. The highest BCUT2D eigenvalue weighted by Crippen LogP contribution is 2.20. The Morgan fingerprint density at radius 2 is 1.92 bits per heavy atom. The van der Waals surface area contributed by atoms with Crippen molar-refractivity contribution in [3.63, 3.8) is 0 Å². The Morgan fingerprint density at radius 3 is 2.58 bits per heavy atom. The van der Waals surface area contributed by atoms with Crippen LogP contribution in [-0.2, 0) is 4.79 Å². The van der Waals surface area contributed by atoms with Crippen LogP contribution >= 0.6 is 15.9 Å². The third-order valence-electron chi connectivity index (χ3n) is 4.04. The molecule has 126 valence electrons. The van der Waals surface area contributed by atoms with E-state index < -0.39 is 0 Å². The maximum Gasteiger partial charge on any atom is 0.238 e. The highest BCUT2D eigenvalue weighted by atomic mass is 79.9. The van der Waals surface area contributed by atoms with Gasteiger partial charge in [-0.05, 0) is 36.8 Å². The van der Waals surface area contributed by atoms with Gasteiger partial charge in [0.25, 0.3) is 0 Å². The Kier molecular flexibility index (Phi) is 5.42. The van der Waals surface area contributed by atoms with Crippen LogP contribution in [0.15, 0.2) is 41.1 Å². The minimum absolute atomic E-state index is 0.0184. The molecule has 3 rings (SSSR count). The van der Waals surface area contributed by atoms with Crippen LogP contribution in [0, 0.1) is 6.92 Å². The molecule has 7 heteroatoms. The summed E-state index contributed by atoms with van der Waals surface area (Å²) >= 11 is 3.43. The van der Waals surface area contributed by atoms with E-state index in [1.807, 2.05) is 31.2 Å². The molecule has 0 unspecified atom stereocenters. The molecule has 24 heavy (non-hydrogen) atoms. The Hall–Kier alpha value is -1.99. The predicted octanol–water partition coefficient (Wildman–Crippen LogP) is 2.31. The van der Waals surface area contributed by atoms with Gasteiger partial charge in [0.15, 0.2) is 0 Å². The van der Waals surface area contributed by atoms with E-state index in [0.717, 1.165) is 47.9 Å². The number of carbonyl (C=O) groups excluding carboxylic acids is 1. The van der Waals surface area contributed by atoms with Crippen molar-refractivity contribution in [2.24, 2.45) is 0 Å². The van der Waals surface area contributed by atoms with Crippen LogP contribution in [0.4, 0.5) is 11.6 Å². The van der Waals surface area contributed by atoms with Gasteiger partial charge in [-0.25, -0.2) is 9.97 Å². The van der Waals surface area contributed by atoms with E-state index in [2.05, 4.69) is 41.0 Å². The van der Waals surface area contributed by atoms with Gasteiger partial charge in [0, 0.05) is 48.7 Å². The molecular formula is C17H20BrN5O. The summed E-state index contributed by atoms with van der Waals surface area (Å²) in [5.74, 6) is 0.775. The van der Waals surface area contributed by atoms with Crippen molar-refractivity contribution in [3.8, 4) is 0 Å². The van der Waals surface area contributed by atoms with Gasteiger partial charge in [0.05, 0.1) is 6.54 Å². The minimum Gasteiger partial charge on any atom is -0.338 e. The fraction of sp³-hybridized carbons (Fsp3) is 0.353. The summed E-state index contributed by atoms with van der Waals surface area (Å²) in [5, 5.41) is 2.99. The molecule has 1 saturated heterocycles. The average Bonchev–Trinajstić information content (AvgIpc) is 2.59. The number of aromatic nitrogens is 2. The fourth-order valence-corrected chi connectivity index (χ4v) is 3.20. The largest absolute Gasteiger partial charge is 0.338 e. The summed E-state index contributed by atoms with van der Waals surface area (Å²) in [7, 11) is 0. The van der Waals surface area contributed by atoms with Gasteiger partial charge in [-0.3, -0.25) is 9.69 Å². The first-order valence-corrected chi connectivity index (χ1v) is 8.71. The van der Waals surface area contributed by atoms with Crippen molar-refractivity contribution in [2.75, 3.05) is 42.9 Å². The van der Waals surface area contributed by atoms with Crippen LogP contribution in [-0.4, -0.2) is 53.5 Å². The predicted molar refractivity (Wildman–Crippen MR) is 98.2 cm³/mol. The first-order valence-electron chi connectivity index (χ1n) is 7.92. The molecule has 0 saturated carbocycles. The highest BCUT2D eigenvalue weighted by Gasteiger charge is 2.20. The normalized spacial score (nSPS) is 15.3. The molecule has 0 bridgehead atoms. The lowest BCUT2D eigenvalue weighted by Gasteiger charge is -2.34. The van der Waals surface area contributed by atoms with Gasteiger partial charge in [-0.2, -0.15) is 0 Å². The number of hydrogen-bond donors (Lipinski definition) is 1. The molecule has 0 aliphatic carbocycles. The second kappa shape index (κ2) is 7.72. The molecule has 0 spiro atoms. The zero-order valence-electron chi connectivity index (χ0n) is 13.6. The van der Waals surface area contributed by atoms with Crippen LogP contribution in [0.5, 0.6) is 0 Å². The molecule has 1 aromatic heterocycles. The Balaban J connectivity index is 1.50. The molecule has 1 amide bonds. The number of rotatable bonds is 4. The Morgan fingerprint density at radius 1 is 1.21 bits per heavy atom. The van der Waals surface area contributed by atoms with Crippen LogP contribution in [0.25, 0.3) is 0 Å². The summed E-state index contributed by atoms with van der Waals surface area (Å²) in [4.78, 5) is 25.1. The van der Waals surface area contributed by atoms with Crippen molar-refractivity contribution < 1.29 is 4.79 Å². The average molecular weight is 390 g/mol. The first kappa shape index (κ1) is 16.9. The van der Waals surface area contributed by atoms with Gasteiger partial charge in [-0.15, -0.1) is 0 Å². The zero-order valence-corrected chi connectivity index (χ0v) is 15.2. The number of benzene rings is 1. The van der Waals surface area contributed by atoms with Crippen molar-refractivity contribution in [2.45, 2.75) is 6.92 Å². The van der Waals surface area contributed by atoms with Crippen molar-refractivity contribution in [3.05, 3.63) is 46.7 Å². The molecule has 2 aromatic rings. The number of anilines is 2. The number of amides is 1. The van der Waals surface area contributed by atoms with Gasteiger partial charge < -0.3 is 10.2 Å². The molecule has 1 aliphatic rings. The maximum atomic E-state index is 12.3. The van der Waals surface area contributed by atoms with Crippen LogP contribution in [0.2, 0.25) is 0 Å². The molecule has 0 radical (unpaired) electrons. The standard InChI is InChI=1S/C17H20BrN5O/c1-13-11-14(18)3-4-15(13)21-16(24)12-22-7-9-23(10-8-22)17-19-5-2-6-20-17/h2-6,11H,7-10,12H2,1H3,(H,21,24). The van der Waals surface area contributed by atoms with Gasteiger partial charge in [-0.1, -0.05) is 15.9 Å². The quantitative estimate of drug-likeness (QED) is 0.868. The molecular weight excluding hydrogens is 370 g/mol. The van der Waals surface area contributed by atoms with E-state index in [0.29, 0.717) is 6.54 Å². The second-order valence-corrected chi connectivity index (χ2v) is 6.74. The lowest BCUT2D eigenvalue weighted by molar-refractivity contribution is -0.117. The monoisotopic (exact) mass is 389 g/mol. The number of hydrogen-bond acceptors (Lipinski definition) is 5. The lowest BCUT2D eigenvalue weighted by Crippen LogP contribution is -2.49. The molecule has 1 aliphatic heterocycles. The van der Waals surface area contributed by atoms with E-state index in [-0.39, 0.29) is 5.91 Å². The fourth-order valence-electron chi connectivity index (χ4n) is 2.72. The van der Waals surface area contributed by atoms with E-state index in [9.17, 15) is 4.79 Å². The summed E-state index contributed by atoms with van der Waals surface area (Å²) < 4.78 is 1.01. The summed E-state index contributed by atoms with van der Waals surface area (Å²) in [6.45, 7) is 5.69. The molecule has 1 aromatic carbocycles. The zero-order chi connectivity index (χ0) is 16.9. The van der Waals surface area contributed by atoms with Gasteiger partial charge >= 0.3 is 0 Å². The Bertz CT molecular complexity index is 701. The number of piperazine rings is 1. The summed E-state index contributed by atoms with van der Waals surface area (Å²) in [5.41, 5.74) is 1.91. The van der Waals surface area contributed by atoms with E-state index in [4.69, 9.17) is 0 Å².